The molecule has 104 valence electrons. The Hall–Kier alpha value is -0.240. The van der Waals surface area contributed by atoms with Crippen LogP contribution in [-0.4, -0.2) is 25.0 Å². The van der Waals surface area contributed by atoms with E-state index in [2.05, 4.69) is 24.1 Å². The van der Waals surface area contributed by atoms with Crippen LogP contribution in [0.5, 0.6) is 0 Å². The van der Waals surface area contributed by atoms with Gasteiger partial charge in [-0.25, -0.2) is 0 Å². The van der Waals surface area contributed by atoms with E-state index in [1.165, 1.54) is 44.3 Å². The number of likely N-dealkylation sites (tertiary alicyclic amines) is 1. The first-order chi connectivity index (χ1) is 9.09. The van der Waals surface area contributed by atoms with Crippen LogP contribution in [-0.2, 0) is 6.42 Å². The molecule has 1 aromatic carbocycles. The van der Waals surface area contributed by atoms with E-state index < -0.39 is 0 Å². The second-order valence-electron chi connectivity index (χ2n) is 6.43. The summed E-state index contributed by atoms with van der Waals surface area (Å²) < 4.78 is 0. The molecule has 0 unspecified atom stereocenters. The van der Waals surface area contributed by atoms with Crippen LogP contribution >= 0.6 is 23.2 Å². The lowest BCUT2D eigenvalue weighted by Crippen LogP contribution is -2.35. The quantitative estimate of drug-likeness (QED) is 0.767. The Morgan fingerprint density at radius 3 is 2.89 bits per heavy atom. The van der Waals surface area contributed by atoms with Crippen molar-refractivity contribution in [1.29, 1.82) is 0 Å². The van der Waals surface area contributed by atoms with Gasteiger partial charge in [0, 0.05) is 13.1 Å². The molecular weight excluding hydrogens is 277 g/mol. The number of fused-ring (bicyclic) bond motifs is 1. The van der Waals surface area contributed by atoms with Crippen LogP contribution in [0, 0.1) is 11.3 Å². The van der Waals surface area contributed by atoms with Gasteiger partial charge in [0.1, 0.15) is 0 Å². The van der Waals surface area contributed by atoms with Gasteiger partial charge in [0.25, 0.3) is 0 Å². The Morgan fingerprint density at radius 2 is 2.11 bits per heavy atom. The fourth-order valence-electron chi connectivity index (χ4n) is 4.19. The van der Waals surface area contributed by atoms with Crippen LogP contribution in [0.15, 0.2) is 18.2 Å². The molecule has 0 aromatic heterocycles. The molecule has 1 saturated carbocycles. The molecule has 3 heteroatoms. The first-order valence-corrected chi connectivity index (χ1v) is 7.97. The summed E-state index contributed by atoms with van der Waals surface area (Å²) in [6, 6.07) is 6.14. The zero-order valence-corrected chi connectivity index (χ0v) is 13.0. The molecule has 1 aliphatic heterocycles. The van der Waals surface area contributed by atoms with Crippen molar-refractivity contribution in [2.24, 2.45) is 11.3 Å². The van der Waals surface area contributed by atoms with Gasteiger partial charge < -0.3 is 4.90 Å². The lowest BCUT2D eigenvalue weighted by atomic mass is 9.65. The van der Waals surface area contributed by atoms with Crippen molar-refractivity contribution in [3.8, 4) is 0 Å². The second kappa shape index (κ2) is 5.27. The predicted molar refractivity (Wildman–Crippen MR) is 82.1 cm³/mol. The Kier molecular flexibility index (Phi) is 3.81. The van der Waals surface area contributed by atoms with Gasteiger partial charge in [-0.2, -0.15) is 0 Å². The molecule has 2 fully saturated rings. The van der Waals surface area contributed by atoms with Gasteiger partial charge in [0.15, 0.2) is 0 Å². The van der Waals surface area contributed by atoms with E-state index in [1.54, 1.807) is 0 Å². The van der Waals surface area contributed by atoms with E-state index in [-0.39, 0.29) is 0 Å². The molecule has 2 aliphatic rings. The van der Waals surface area contributed by atoms with Crippen molar-refractivity contribution >= 4 is 23.2 Å². The monoisotopic (exact) mass is 297 g/mol. The largest absolute Gasteiger partial charge is 0.305 e. The maximum atomic E-state index is 6.16. The summed E-state index contributed by atoms with van der Waals surface area (Å²) in [6.45, 7) is 2.50. The molecule has 0 N–H and O–H groups in total. The summed E-state index contributed by atoms with van der Waals surface area (Å²) >= 11 is 12.2. The average molecular weight is 298 g/mol. The van der Waals surface area contributed by atoms with Gasteiger partial charge in [0.2, 0.25) is 0 Å². The predicted octanol–water partition coefficient (Wildman–Crippen LogP) is 4.66. The van der Waals surface area contributed by atoms with Gasteiger partial charge in [-0.05, 0) is 55.3 Å². The summed E-state index contributed by atoms with van der Waals surface area (Å²) in [5, 5.41) is 1.35. The van der Waals surface area contributed by atoms with Crippen LogP contribution in [0.25, 0.3) is 0 Å². The van der Waals surface area contributed by atoms with E-state index in [1.807, 2.05) is 6.07 Å². The Labute approximate surface area is 125 Å². The van der Waals surface area contributed by atoms with Gasteiger partial charge >= 0.3 is 0 Å². The minimum Gasteiger partial charge on any atom is -0.305 e. The average Bonchev–Trinajstić information content (AvgIpc) is 2.69. The lowest BCUT2D eigenvalue weighted by Gasteiger charge is -2.39. The molecule has 1 nitrogen and oxygen atoms in total. The van der Waals surface area contributed by atoms with Gasteiger partial charge in [-0.3, -0.25) is 0 Å². The Bertz CT molecular complexity index is 474. The second-order valence-corrected chi connectivity index (χ2v) is 7.24. The first-order valence-electron chi connectivity index (χ1n) is 7.22. The number of halogens is 2. The molecule has 1 aliphatic carbocycles. The van der Waals surface area contributed by atoms with Crippen LogP contribution in [0.2, 0.25) is 10.0 Å². The van der Waals surface area contributed by atoms with Gasteiger partial charge in [-0.15, -0.1) is 0 Å². The molecule has 1 aromatic rings. The minimum atomic E-state index is 0.476. The number of rotatable bonds is 2. The number of nitrogens with zero attached hydrogens (tertiary/aromatic N) is 1. The SMILES string of the molecule is CN1C[C@@H]2CCCC[C@]2(Cc2ccc(Cl)c(Cl)c2)C1. The topological polar surface area (TPSA) is 3.24 Å². The molecule has 0 radical (unpaired) electrons. The maximum absolute atomic E-state index is 6.16. The van der Waals surface area contributed by atoms with Crippen molar-refractivity contribution < 1.29 is 0 Å². The number of benzene rings is 1. The highest BCUT2D eigenvalue weighted by Gasteiger charge is 2.46. The van der Waals surface area contributed by atoms with E-state index >= 15 is 0 Å². The Balaban J connectivity index is 1.85. The zero-order chi connectivity index (χ0) is 13.5. The molecule has 3 rings (SSSR count). The number of hydrogen-bond acceptors (Lipinski definition) is 1. The Morgan fingerprint density at radius 1 is 1.26 bits per heavy atom. The third-order valence-corrected chi connectivity index (χ3v) is 5.74. The van der Waals surface area contributed by atoms with E-state index in [9.17, 15) is 0 Å². The summed E-state index contributed by atoms with van der Waals surface area (Å²) in [6.07, 6.45) is 6.69. The summed E-state index contributed by atoms with van der Waals surface area (Å²) in [7, 11) is 2.26. The molecule has 0 spiro atoms. The fraction of sp³-hybridized carbons (Fsp3) is 0.625. The van der Waals surface area contributed by atoms with Crippen molar-refractivity contribution in [3.05, 3.63) is 33.8 Å². The molecule has 1 heterocycles. The molecule has 19 heavy (non-hydrogen) atoms. The summed E-state index contributed by atoms with van der Waals surface area (Å²) in [5.41, 5.74) is 1.82. The third-order valence-electron chi connectivity index (χ3n) is 5.00. The smallest absolute Gasteiger partial charge is 0.0595 e. The molecule has 0 amide bonds. The van der Waals surface area contributed by atoms with Gasteiger partial charge in [-0.1, -0.05) is 42.1 Å². The lowest BCUT2D eigenvalue weighted by molar-refractivity contribution is 0.146. The standard InChI is InChI=1S/C16H21Cl2N/c1-19-10-13-4-2-3-7-16(13,11-19)9-12-5-6-14(17)15(18)8-12/h5-6,8,13H,2-4,7,9-11H2,1H3/t13-,16-/m0/s1. The molecule has 2 atom stereocenters. The van der Waals surface area contributed by atoms with Crippen LogP contribution in [0.3, 0.4) is 0 Å². The van der Waals surface area contributed by atoms with E-state index in [0.717, 1.165) is 12.3 Å². The van der Waals surface area contributed by atoms with E-state index in [0.29, 0.717) is 15.5 Å². The molecule has 0 bridgehead atoms. The highest BCUT2D eigenvalue weighted by Crippen LogP contribution is 2.48. The maximum Gasteiger partial charge on any atom is 0.0595 e. The highest BCUT2D eigenvalue weighted by molar-refractivity contribution is 6.42. The van der Waals surface area contributed by atoms with Gasteiger partial charge in [0.05, 0.1) is 10.0 Å². The third kappa shape index (κ3) is 2.66. The molecule has 1 saturated heterocycles. The van der Waals surface area contributed by atoms with Crippen molar-refractivity contribution in [2.75, 3.05) is 20.1 Å². The van der Waals surface area contributed by atoms with Crippen molar-refractivity contribution in [3.63, 3.8) is 0 Å². The van der Waals surface area contributed by atoms with Crippen LogP contribution in [0.4, 0.5) is 0 Å². The zero-order valence-electron chi connectivity index (χ0n) is 11.5. The fourth-order valence-corrected chi connectivity index (χ4v) is 4.51. The first kappa shape index (κ1) is 13.7. The minimum absolute atomic E-state index is 0.476. The van der Waals surface area contributed by atoms with Crippen molar-refractivity contribution in [1.82, 2.24) is 4.90 Å². The summed E-state index contributed by atoms with van der Waals surface area (Å²) in [4.78, 5) is 2.51. The molecular formula is C16H21Cl2N. The van der Waals surface area contributed by atoms with E-state index in [4.69, 9.17) is 23.2 Å². The summed E-state index contributed by atoms with van der Waals surface area (Å²) in [5.74, 6) is 0.862. The van der Waals surface area contributed by atoms with Crippen LogP contribution < -0.4 is 0 Å². The van der Waals surface area contributed by atoms with Crippen LogP contribution in [0.1, 0.15) is 31.2 Å². The highest BCUT2D eigenvalue weighted by atomic mass is 35.5. The number of hydrogen-bond donors (Lipinski definition) is 0. The normalized spacial score (nSPS) is 31.4. The van der Waals surface area contributed by atoms with Crippen molar-refractivity contribution in [2.45, 2.75) is 32.1 Å².